The van der Waals surface area contributed by atoms with Crippen LogP contribution in [0.3, 0.4) is 0 Å². The fraction of sp³-hybridized carbons (Fsp3) is 0.800. The minimum absolute atomic E-state index is 0.573. The average molecular weight is 224 g/mol. The lowest BCUT2D eigenvalue weighted by atomic mass is 10.2. The van der Waals surface area contributed by atoms with Crippen molar-refractivity contribution < 1.29 is 0 Å². The number of thioether (sulfide) groups is 1. The molecule has 3 rings (SSSR count). The number of hydrogen-bond donors (Lipinski definition) is 2. The van der Waals surface area contributed by atoms with Crippen LogP contribution in [-0.4, -0.2) is 39.3 Å². The summed E-state index contributed by atoms with van der Waals surface area (Å²) in [5, 5.41) is 10.9. The van der Waals surface area contributed by atoms with Gasteiger partial charge in [0.2, 0.25) is 0 Å². The molecule has 0 bridgehead atoms. The van der Waals surface area contributed by atoms with Gasteiger partial charge in [-0.2, -0.15) is 16.9 Å². The molecule has 15 heavy (non-hydrogen) atoms. The highest BCUT2D eigenvalue weighted by Gasteiger charge is 2.28. The summed E-state index contributed by atoms with van der Waals surface area (Å²) in [7, 11) is 0. The molecule has 1 aliphatic heterocycles. The molecule has 1 atom stereocenters. The molecule has 0 spiro atoms. The van der Waals surface area contributed by atoms with Gasteiger partial charge in [-0.1, -0.05) is 0 Å². The van der Waals surface area contributed by atoms with Gasteiger partial charge in [-0.3, -0.25) is 5.10 Å². The summed E-state index contributed by atoms with van der Waals surface area (Å²) in [5.41, 5.74) is 0. The van der Waals surface area contributed by atoms with Gasteiger partial charge in [0.15, 0.2) is 5.82 Å². The molecule has 2 N–H and O–H groups in total. The highest BCUT2D eigenvalue weighted by molar-refractivity contribution is 7.99. The fourth-order valence-electron chi connectivity index (χ4n) is 1.91. The van der Waals surface area contributed by atoms with E-state index in [0.29, 0.717) is 12.0 Å². The summed E-state index contributed by atoms with van der Waals surface area (Å²) in [4.78, 5) is 4.55. The Labute approximate surface area is 93.6 Å². The zero-order chi connectivity index (χ0) is 10.1. The Balaban J connectivity index is 1.60. The van der Waals surface area contributed by atoms with Crippen molar-refractivity contribution in [1.29, 1.82) is 0 Å². The molecule has 5 heteroatoms. The smallest absolute Gasteiger partial charge is 0.153 e. The molecule has 2 fully saturated rings. The third kappa shape index (κ3) is 2.34. The number of aromatic amines is 1. The first-order valence-electron chi connectivity index (χ1n) is 5.64. The molecule has 1 unspecified atom stereocenters. The van der Waals surface area contributed by atoms with Crippen molar-refractivity contribution in [2.75, 3.05) is 18.1 Å². The second kappa shape index (κ2) is 4.14. The Morgan fingerprint density at radius 2 is 2.33 bits per heavy atom. The molecular weight excluding hydrogens is 208 g/mol. The van der Waals surface area contributed by atoms with Crippen LogP contribution in [0.1, 0.15) is 30.4 Å². The van der Waals surface area contributed by atoms with E-state index >= 15 is 0 Å². The third-order valence-electron chi connectivity index (χ3n) is 2.93. The van der Waals surface area contributed by atoms with Crippen molar-refractivity contribution in [2.24, 2.45) is 0 Å². The Hall–Kier alpha value is -0.550. The predicted octanol–water partition coefficient (Wildman–Crippen LogP) is 0.930. The van der Waals surface area contributed by atoms with E-state index in [1.54, 1.807) is 0 Å². The van der Waals surface area contributed by atoms with Crippen LogP contribution in [0.15, 0.2) is 0 Å². The number of nitrogens with zero attached hydrogens (tertiary/aromatic N) is 2. The molecule has 82 valence electrons. The lowest BCUT2D eigenvalue weighted by Crippen LogP contribution is -2.39. The summed E-state index contributed by atoms with van der Waals surface area (Å²) in [6.45, 7) is 1.12. The number of hydrogen-bond acceptors (Lipinski definition) is 4. The molecule has 1 saturated carbocycles. The first kappa shape index (κ1) is 9.66. The van der Waals surface area contributed by atoms with E-state index in [-0.39, 0.29) is 0 Å². The van der Waals surface area contributed by atoms with Crippen molar-refractivity contribution in [3.63, 3.8) is 0 Å². The summed E-state index contributed by atoms with van der Waals surface area (Å²) < 4.78 is 0. The van der Waals surface area contributed by atoms with E-state index in [9.17, 15) is 0 Å². The van der Waals surface area contributed by atoms with Crippen LogP contribution in [0.4, 0.5) is 0 Å². The normalized spacial score (nSPS) is 26.8. The van der Waals surface area contributed by atoms with Crippen LogP contribution in [0, 0.1) is 0 Å². The monoisotopic (exact) mass is 224 g/mol. The largest absolute Gasteiger partial charge is 0.312 e. The maximum Gasteiger partial charge on any atom is 0.153 e. The van der Waals surface area contributed by atoms with Crippen molar-refractivity contribution in [2.45, 2.75) is 31.2 Å². The van der Waals surface area contributed by atoms with E-state index in [1.165, 1.54) is 24.3 Å². The van der Waals surface area contributed by atoms with Gasteiger partial charge < -0.3 is 5.32 Å². The Kier molecular flexibility index (Phi) is 2.66. The Bertz CT molecular complexity index is 328. The molecule has 0 aromatic carbocycles. The maximum absolute atomic E-state index is 4.55. The van der Waals surface area contributed by atoms with Gasteiger partial charge >= 0.3 is 0 Å². The number of rotatable bonds is 3. The molecule has 4 nitrogen and oxygen atoms in total. The van der Waals surface area contributed by atoms with Crippen molar-refractivity contribution >= 4 is 11.8 Å². The predicted molar refractivity (Wildman–Crippen MR) is 61.2 cm³/mol. The molecule has 1 saturated heterocycles. The van der Waals surface area contributed by atoms with E-state index in [2.05, 4.69) is 20.5 Å². The first-order valence-corrected chi connectivity index (χ1v) is 6.79. The van der Waals surface area contributed by atoms with Gasteiger partial charge in [0, 0.05) is 36.4 Å². The van der Waals surface area contributed by atoms with Gasteiger partial charge in [-0.25, -0.2) is 4.98 Å². The number of nitrogens with one attached hydrogen (secondary N) is 2. The number of H-pyrrole nitrogens is 1. The van der Waals surface area contributed by atoms with E-state index in [0.717, 1.165) is 24.6 Å². The van der Waals surface area contributed by atoms with Crippen LogP contribution in [0.25, 0.3) is 0 Å². The summed E-state index contributed by atoms with van der Waals surface area (Å²) in [6, 6.07) is 0.573. The molecular formula is C10H16N4S. The summed E-state index contributed by atoms with van der Waals surface area (Å²) in [6.07, 6.45) is 3.54. The highest BCUT2D eigenvalue weighted by Crippen LogP contribution is 2.37. The molecule has 2 heterocycles. The van der Waals surface area contributed by atoms with Gasteiger partial charge in [0.1, 0.15) is 5.82 Å². The van der Waals surface area contributed by atoms with E-state index in [1.807, 2.05) is 11.8 Å². The third-order valence-corrected chi connectivity index (χ3v) is 4.06. The Morgan fingerprint density at radius 3 is 3.07 bits per heavy atom. The van der Waals surface area contributed by atoms with Gasteiger partial charge in [0.25, 0.3) is 0 Å². The van der Waals surface area contributed by atoms with Gasteiger partial charge in [-0.05, 0) is 12.8 Å². The maximum atomic E-state index is 4.55. The second-order valence-corrected chi connectivity index (χ2v) is 5.49. The zero-order valence-corrected chi connectivity index (χ0v) is 9.52. The molecule has 1 aliphatic carbocycles. The Morgan fingerprint density at radius 1 is 1.40 bits per heavy atom. The second-order valence-electron chi connectivity index (χ2n) is 4.34. The standard InChI is InChI=1S/C10H16N4S/c1-2-7(1)10-12-9(13-14-10)5-8-6-15-4-3-11-8/h7-8,11H,1-6H2,(H,12,13,14). The lowest BCUT2D eigenvalue weighted by molar-refractivity contribution is 0.551. The lowest BCUT2D eigenvalue weighted by Gasteiger charge is -2.21. The SMILES string of the molecule is C1CSCC(Cc2nc(C3CC3)n[nH]2)N1. The average Bonchev–Trinajstić information content (AvgIpc) is 3.02. The van der Waals surface area contributed by atoms with Crippen molar-refractivity contribution in [3.05, 3.63) is 11.6 Å². The van der Waals surface area contributed by atoms with Gasteiger partial charge in [-0.15, -0.1) is 0 Å². The highest BCUT2D eigenvalue weighted by atomic mass is 32.2. The van der Waals surface area contributed by atoms with Crippen LogP contribution < -0.4 is 5.32 Å². The van der Waals surface area contributed by atoms with E-state index in [4.69, 9.17) is 0 Å². The molecule has 1 aromatic heterocycles. The number of aromatic nitrogens is 3. The van der Waals surface area contributed by atoms with Crippen LogP contribution in [0.2, 0.25) is 0 Å². The minimum atomic E-state index is 0.573. The first-order chi connectivity index (χ1) is 7.42. The zero-order valence-electron chi connectivity index (χ0n) is 8.70. The fourth-order valence-corrected chi connectivity index (χ4v) is 2.86. The molecule has 0 amide bonds. The van der Waals surface area contributed by atoms with Crippen molar-refractivity contribution in [3.8, 4) is 0 Å². The van der Waals surface area contributed by atoms with Crippen LogP contribution >= 0.6 is 11.8 Å². The quantitative estimate of drug-likeness (QED) is 0.802. The van der Waals surface area contributed by atoms with E-state index < -0.39 is 0 Å². The summed E-state index contributed by atoms with van der Waals surface area (Å²) in [5.74, 6) is 5.17. The minimum Gasteiger partial charge on any atom is -0.312 e. The van der Waals surface area contributed by atoms with Crippen LogP contribution in [0.5, 0.6) is 0 Å². The van der Waals surface area contributed by atoms with Crippen LogP contribution in [-0.2, 0) is 6.42 Å². The molecule has 0 radical (unpaired) electrons. The summed E-state index contributed by atoms with van der Waals surface area (Å²) >= 11 is 2.02. The topological polar surface area (TPSA) is 53.6 Å². The molecule has 1 aromatic rings. The van der Waals surface area contributed by atoms with Crippen molar-refractivity contribution in [1.82, 2.24) is 20.5 Å². The van der Waals surface area contributed by atoms with Gasteiger partial charge in [0.05, 0.1) is 0 Å². The molecule has 2 aliphatic rings.